The van der Waals surface area contributed by atoms with Crippen LogP contribution < -0.4 is 10.6 Å². The van der Waals surface area contributed by atoms with Gasteiger partial charge in [-0.15, -0.1) is 0 Å². The first kappa shape index (κ1) is 17.8. The van der Waals surface area contributed by atoms with Crippen molar-refractivity contribution in [2.24, 2.45) is 0 Å². The number of benzene rings is 2. The minimum atomic E-state index is 0.301. The van der Waals surface area contributed by atoms with Crippen LogP contribution in [0.4, 0.5) is 11.6 Å². The lowest BCUT2D eigenvalue weighted by atomic mass is 10.0. The van der Waals surface area contributed by atoms with Gasteiger partial charge in [-0.3, -0.25) is 4.90 Å². The van der Waals surface area contributed by atoms with Crippen molar-refractivity contribution in [3.8, 4) is 11.1 Å². The van der Waals surface area contributed by atoms with Gasteiger partial charge in [0.25, 0.3) is 0 Å². The molecule has 0 unspecified atom stereocenters. The van der Waals surface area contributed by atoms with Crippen LogP contribution in [0.5, 0.6) is 0 Å². The van der Waals surface area contributed by atoms with Crippen LogP contribution in [0.25, 0.3) is 11.1 Å². The molecule has 1 fully saturated rings. The third-order valence-corrected chi connectivity index (χ3v) is 5.21. The molecular weight excluding hydrogens is 358 g/mol. The van der Waals surface area contributed by atoms with Gasteiger partial charge in [0.2, 0.25) is 5.95 Å². The third kappa shape index (κ3) is 4.21. The van der Waals surface area contributed by atoms with E-state index in [9.17, 15) is 0 Å². The molecule has 27 heavy (non-hydrogen) atoms. The van der Waals surface area contributed by atoms with Crippen molar-refractivity contribution in [2.75, 3.05) is 36.8 Å². The highest BCUT2D eigenvalue weighted by atomic mass is 35.5. The van der Waals surface area contributed by atoms with E-state index in [2.05, 4.69) is 50.1 Å². The zero-order valence-electron chi connectivity index (χ0n) is 15.1. The second-order valence-corrected chi connectivity index (χ2v) is 7.16. The van der Waals surface area contributed by atoms with E-state index >= 15 is 0 Å². The quantitative estimate of drug-likeness (QED) is 0.749. The molecule has 0 amide bonds. The Morgan fingerprint density at radius 3 is 2.26 bits per heavy atom. The predicted molar refractivity (Wildman–Crippen MR) is 111 cm³/mol. The minimum Gasteiger partial charge on any atom is -0.369 e. The van der Waals surface area contributed by atoms with Gasteiger partial charge in [-0.2, -0.15) is 0 Å². The molecule has 0 atom stereocenters. The lowest BCUT2D eigenvalue weighted by Crippen LogP contribution is -2.46. The number of hydrogen-bond donors (Lipinski definition) is 1. The normalized spacial score (nSPS) is 15.1. The maximum Gasteiger partial charge on any atom is 0.219 e. The lowest BCUT2D eigenvalue weighted by Gasteiger charge is -2.36. The van der Waals surface area contributed by atoms with Crippen molar-refractivity contribution < 1.29 is 0 Å². The molecule has 2 aromatic carbocycles. The van der Waals surface area contributed by atoms with Crippen LogP contribution in [0.3, 0.4) is 0 Å². The number of nitrogens with two attached hydrogens (primary N) is 1. The molecule has 0 saturated carbocycles. The van der Waals surface area contributed by atoms with Crippen molar-refractivity contribution in [3.63, 3.8) is 0 Å². The van der Waals surface area contributed by atoms with Crippen LogP contribution in [-0.2, 0) is 6.54 Å². The monoisotopic (exact) mass is 379 g/mol. The molecule has 1 aromatic heterocycles. The van der Waals surface area contributed by atoms with Crippen LogP contribution in [0, 0.1) is 0 Å². The average molecular weight is 380 g/mol. The number of aromatic nitrogens is 2. The molecule has 0 radical (unpaired) electrons. The summed E-state index contributed by atoms with van der Waals surface area (Å²) in [5.74, 6) is 0.301. The number of nitrogen functional groups attached to an aromatic ring is 1. The molecule has 2 N–H and O–H groups in total. The van der Waals surface area contributed by atoms with Gasteiger partial charge in [0.1, 0.15) is 0 Å². The molecule has 1 saturated heterocycles. The van der Waals surface area contributed by atoms with Crippen LogP contribution in [0.15, 0.2) is 60.9 Å². The van der Waals surface area contributed by atoms with Crippen LogP contribution in [0.2, 0.25) is 5.02 Å². The number of halogens is 1. The summed E-state index contributed by atoms with van der Waals surface area (Å²) >= 11 is 6.00. The summed E-state index contributed by atoms with van der Waals surface area (Å²) in [6.07, 6.45) is 3.58. The second kappa shape index (κ2) is 7.94. The highest BCUT2D eigenvalue weighted by Crippen LogP contribution is 2.25. The van der Waals surface area contributed by atoms with Crippen LogP contribution >= 0.6 is 11.6 Å². The van der Waals surface area contributed by atoms with Crippen LogP contribution in [0.1, 0.15) is 5.56 Å². The van der Waals surface area contributed by atoms with Crippen molar-refractivity contribution in [1.82, 2.24) is 14.9 Å². The number of anilines is 2. The minimum absolute atomic E-state index is 0.301. The first-order valence-electron chi connectivity index (χ1n) is 9.08. The number of nitrogens with zero attached hydrogens (tertiary/aromatic N) is 4. The molecule has 5 nitrogen and oxygen atoms in total. The van der Waals surface area contributed by atoms with Gasteiger partial charge in [-0.25, -0.2) is 9.97 Å². The SMILES string of the molecule is Nc1ncc(-c2ccccc2CN2CCN(c3ccc(Cl)cc3)CC2)cn1. The van der Waals surface area contributed by atoms with Gasteiger partial charge in [0.15, 0.2) is 0 Å². The topological polar surface area (TPSA) is 58.3 Å². The number of hydrogen-bond acceptors (Lipinski definition) is 5. The Hall–Kier alpha value is -2.63. The van der Waals surface area contributed by atoms with E-state index in [4.69, 9.17) is 17.3 Å². The Labute approximate surface area is 164 Å². The zero-order chi connectivity index (χ0) is 18.6. The number of piperazine rings is 1. The Morgan fingerprint density at radius 1 is 0.889 bits per heavy atom. The molecule has 0 spiro atoms. The van der Waals surface area contributed by atoms with Crippen LogP contribution in [-0.4, -0.2) is 41.0 Å². The van der Waals surface area contributed by atoms with E-state index in [0.29, 0.717) is 5.95 Å². The molecule has 6 heteroatoms. The summed E-state index contributed by atoms with van der Waals surface area (Å²) in [6, 6.07) is 16.5. The predicted octanol–water partition coefficient (Wildman–Crippen LogP) is 3.70. The summed E-state index contributed by atoms with van der Waals surface area (Å²) in [5, 5.41) is 0.778. The molecule has 2 heterocycles. The highest BCUT2D eigenvalue weighted by Gasteiger charge is 2.18. The van der Waals surface area contributed by atoms with E-state index in [1.54, 1.807) is 12.4 Å². The van der Waals surface area contributed by atoms with E-state index in [0.717, 1.165) is 48.9 Å². The Kier molecular flexibility index (Phi) is 5.23. The lowest BCUT2D eigenvalue weighted by molar-refractivity contribution is 0.250. The van der Waals surface area contributed by atoms with Gasteiger partial charge < -0.3 is 10.6 Å². The van der Waals surface area contributed by atoms with E-state index in [-0.39, 0.29) is 0 Å². The van der Waals surface area contributed by atoms with Crippen molar-refractivity contribution in [3.05, 3.63) is 71.5 Å². The largest absolute Gasteiger partial charge is 0.369 e. The first-order chi connectivity index (χ1) is 13.2. The third-order valence-electron chi connectivity index (χ3n) is 4.96. The summed E-state index contributed by atoms with van der Waals surface area (Å²) in [7, 11) is 0. The van der Waals surface area contributed by atoms with Crippen molar-refractivity contribution in [2.45, 2.75) is 6.54 Å². The summed E-state index contributed by atoms with van der Waals surface area (Å²) in [4.78, 5) is 13.2. The molecule has 138 valence electrons. The fourth-order valence-electron chi connectivity index (χ4n) is 3.47. The molecule has 0 aliphatic carbocycles. The van der Waals surface area contributed by atoms with Gasteiger partial charge in [0.05, 0.1) is 0 Å². The zero-order valence-corrected chi connectivity index (χ0v) is 15.8. The summed E-state index contributed by atoms with van der Waals surface area (Å²) < 4.78 is 0. The molecular formula is C21H22ClN5. The average Bonchev–Trinajstić information content (AvgIpc) is 2.70. The molecule has 0 bridgehead atoms. The van der Waals surface area contributed by atoms with E-state index in [1.807, 2.05) is 18.2 Å². The fraction of sp³-hybridized carbons (Fsp3) is 0.238. The smallest absolute Gasteiger partial charge is 0.219 e. The van der Waals surface area contributed by atoms with Crippen molar-refractivity contribution >= 4 is 23.2 Å². The maximum atomic E-state index is 6.00. The Bertz CT molecular complexity index is 887. The van der Waals surface area contributed by atoms with Gasteiger partial charge in [-0.1, -0.05) is 35.9 Å². The summed E-state index contributed by atoms with van der Waals surface area (Å²) in [5.41, 5.74) is 10.3. The standard InChI is InChI=1S/C21H22ClN5/c22-18-5-7-19(8-6-18)27-11-9-26(10-12-27)15-16-3-1-2-4-20(16)17-13-24-21(23)25-14-17/h1-8,13-14H,9-12,15H2,(H2,23,24,25). The van der Waals surface area contributed by atoms with E-state index in [1.165, 1.54) is 11.3 Å². The first-order valence-corrected chi connectivity index (χ1v) is 9.45. The fourth-order valence-corrected chi connectivity index (χ4v) is 3.60. The maximum absolute atomic E-state index is 6.00. The van der Waals surface area contributed by atoms with Crippen molar-refractivity contribution in [1.29, 1.82) is 0 Å². The van der Waals surface area contributed by atoms with Gasteiger partial charge in [0, 0.05) is 61.4 Å². The Balaban J connectivity index is 1.43. The second-order valence-electron chi connectivity index (χ2n) is 6.73. The van der Waals surface area contributed by atoms with Gasteiger partial charge >= 0.3 is 0 Å². The molecule has 4 rings (SSSR count). The molecule has 1 aliphatic heterocycles. The van der Waals surface area contributed by atoms with E-state index < -0.39 is 0 Å². The van der Waals surface area contributed by atoms with Gasteiger partial charge in [-0.05, 0) is 35.4 Å². The highest BCUT2D eigenvalue weighted by molar-refractivity contribution is 6.30. The summed E-state index contributed by atoms with van der Waals surface area (Å²) in [6.45, 7) is 4.98. The molecule has 1 aliphatic rings. The molecule has 3 aromatic rings. The Morgan fingerprint density at radius 2 is 1.56 bits per heavy atom. The number of rotatable bonds is 4.